The minimum Gasteiger partial charge on any atom is -0.505 e. The molecule has 84 valence electrons. The summed E-state index contributed by atoms with van der Waals surface area (Å²) in [5.41, 5.74) is 11.5. The Hall–Kier alpha value is -1.29. The number of nitrogens with two attached hydrogens (primary N) is 2. The third-order valence-corrected chi connectivity index (χ3v) is 2.32. The van der Waals surface area contributed by atoms with Crippen LogP contribution in [0.5, 0.6) is 5.75 Å². The van der Waals surface area contributed by atoms with Gasteiger partial charge in [-0.3, -0.25) is 0 Å². The zero-order chi connectivity index (χ0) is 11.6. The highest BCUT2D eigenvalue weighted by atomic mass is 19.1. The zero-order valence-electron chi connectivity index (χ0n) is 9.00. The van der Waals surface area contributed by atoms with Crippen LogP contribution in [0.1, 0.15) is 31.9 Å². The van der Waals surface area contributed by atoms with Crippen LogP contribution in [0, 0.1) is 11.7 Å². The molecular weight excluding hydrogens is 195 g/mol. The average molecular weight is 212 g/mol. The van der Waals surface area contributed by atoms with Gasteiger partial charge in [0.15, 0.2) is 0 Å². The first-order chi connectivity index (χ1) is 6.93. The largest absolute Gasteiger partial charge is 0.505 e. The molecule has 0 aliphatic heterocycles. The number of phenols is 1. The molecule has 0 bridgehead atoms. The van der Waals surface area contributed by atoms with E-state index in [-0.39, 0.29) is 17.5 Å². The number of benzene rings is 1. The number of nitrogen functional groups attached to an aromatic ring is 1. The third-order valence-electron chi connectivity index (χ3n) is 2.32. The summed E-state index contributed by atoms with van der Waals surface area (Å²) in [6, 6.07) is 2.39. The topological polar surface area (TPSA) is 72.3 Å². The van der Waals surface area contributed by atoms with E-state index in [1.807, 2.05) is 13.8 Å². The highest BCUT2D eigenvalue weighted by molar-refractivity contribution is 5.57. The van der Waals surface area contributed by atoms with E-state index in [0.29, 0.717) is 11.5 Å². The zero-order valence-corrected chi connectivity index (χ0v) is 9.00. The first-order valence-electron chi connectivity index (χ1n) is 4.96. The normalized spacial score (nSPS) is 13.1. The van der Waals surface area contributed by atoms with E-state index < -0.39 is 5.82 Å². The maximum Gasteiger partial charge on any atom is 0.149 e. The van der Waals surface area contributed by atoms with Crippen LogP contribution in [0.2, 0.25) is 0 Å². The first kappa shape index (κ1) is 11.8. The molecule has 3 nitrogen and oxygen atoms in total. The Balaban J connectivity index is 3.00. The monoisotopic (exact) mass is 212 g/mol. The van der Waals surface area contributed by atoms with Crippen LogP contribution in [-0.2, 0) is 0 Å². The fourth-order valence-corrected chi connectivity index (χ4v) is 1.53. The van der Waals surface area contributed by atoms with Crippen LogP contribution in [0.25, 0.3) is 0 Å². The summed E-state index contributed by atoms with van der Waals surface area (Å²) in [6.45, 7) is 4.06. The van der Waals surface area contributed by atoms with Gasteiger partial charge in [-0.25, -0.2) is 4.39 Å². The molecule has 0 radical (unpaired) electrons. The van der Waals surface area contributed by atoms with Crippen molar-refractivity contribution >= 4 is 5.69 Å². The van der Waals surface area contributed by atoms with Crippen molar-refractivity contribution in [1.82, 2.24) is 0 Å². The molecule has 15 heavy (non-hydrogen) atoms. The Morgan fingerprint density at radius 1 is 1.40 bits per heavy atom. The van der Waals surface area contributed by atoms with E-state index in [9.17, 15) is 9.50 Å². The molecular formula is C11H17FN2O. The van der Waals surface area contributed by atoms with Gasteiger partial charge in [0.25, 0.3) is 0 Å². The molecule has 0 heterocycles. The van der Waals surface area contributed by atoms with Gasteiger partial charge in [0.2, 0.25) is 0 Å². The van der Waals surface area contributed by atoms with Crippen molar-refractivity contribution in [2.45, 2.75) is 26.3 Å². The number of halogens is 1. The lowest BCUT2D eigenvalue weighted by molar-refractivity contribution is 0.443. The second-order valence-corrected chi connectivity index (χ2v) is 4.13. The Morgan fingerprint density at radius 3 is 2.53 bits per heavy atom. The fraction of sp³-hybridized carbons (Fsp3) is 0.455. The summed E-state index contributed by atoms with van der Waals surface area (Å²) < 4.78 is 13.0. The molecule has 0 aromatic heterocycles. The molecule has 5 N–H and O–H groups in total. The standard InChI is InChI=1S/C11H17FN2O/c1-6(2)5-9(13)7-3-4-8(12)10(14)11(7)15/h3-4,6,9,15H,5,13-14H2,1-2H3/t9-/m0/s1. The number of aromatic hydroxyl groups is 1. The van der Waals surface area contributed by atoms with Crippen molar-refractivity contribution in [1.29, 1.82) is 0 Å². The lowest BCUT2D eigenvalue weighted by Gasteiger charge is -2.16. The predicted octanol–water partition coefficient (Wildman–Crippen LogP) is 2.16. The second-order valence-electron chi connectivity index (χ2n) is 4.13. The quantitative estimate of drug-likeness (QED) is 0.531. The van der Waals surface area contributed by atoms with Crippen molar-refractivity contribution in [2.24, 2.45) is 11.7 Å². The summed E-state index contributed by atoms with van der Waals surface area (Å²) >= 11 is 0. The molecule has 0 aliphatic rings. The molecule has 0 amide bonds. The maximum atomic E-state index is 13.0. The average Bonchev–Trinajstić information content (AvgIpc) is 2.13. The van der Waals surface area contributed by atoms with Crippen LogP contribution < -0.4 is 11.5 Å². The van der Waals surface area contributed by atoms with Crippen LogP contribution >= 0.6 is 0 Å². The van der Waals surface area contributed by atoms with Gasteiger partial charge in [0.1, 0.15) is 17.3 Å². The Morgan fingerprint density at radius 2 is 2.00 bits per heavy atom. The Bertz CT molecular complexity index is 353. The number of hydrogen-bond donors (Lipinski definition) is 3. The van der Waals surface area contributed by atoms with Gasteiger partial charge < -0.3 is 16.6 Å². The van der Waals surface area contributed by atoms with Gasteiger partial charge in [-0.15, -0.1) is 0 Å². The van der Waals surface area contributed by atoms with Gasteiger partial charge in [-0.1, -0.05) is 19.9 Å². The molecule has 0 saturated heterocycles. The number of anilines is 1. The molecule has 4 heteroatoms. The molecule has 0 spiro atoms. The number of rotatable bonds is 3. The molecule has 1 rings (SSSR count). The van der Waals surface area contributed by atoms with E-state index in [1.54, 1.807) is 0 Å². The molecule has 1 aromatic carbocycles. The van der Waals surface area contributed by atoms with Crippen LogP contribution in [0.15, 0.2) is 12.1 Å². The second kappa shape index (κ2) is 4.49. The van der Waals surface area contributed by atoms with E-state index in [4.69, 9.17) is 11.5 Å². The number of hydrogen-bond acceptors (Lipinski definition) is 3. The summed E-state index contributed by atoms with van der Waals surface area (Å²) in [5, 5.41) is 9.62. The molecule has 0 fully saturated rings. The summed E-state index contributed by atoms with van der Waals surface area (Å²) in [6.07, 6.45) is 0.721. The van der Waals surface area contributed by atoms with Crippen molar-refractivity contribution in [2.75, 3.05) is 5.73 Å². The first-order valence-corrected chi connectivity index (χ1v) is 4.96. The van der Waals surface area contributed by atoms with Crippen molar-refractivity contribution in [3.8, 4) is 5.75 Å². The molecule has 0 unspecified atom stereocenters. The predicted molar refractivity (Wildman–Crippen MR) is 58.9 cm³/mol. The lowest BCUT2D eigenvalue weighted by atomic mass is 9.96. The van der Waals surface area contributed by atoms with Crippen molar-refractivity contribution < 1.29 is 9.50 Å². The van der Waals surface area contributed by atoms with Gasteiger partial charge in [-0.05, 0) is 18.4 Å². The Labute approximate surface area is 88.9 Å². The fourth-order valence-electron chi connectivity index (χ4n) is 1.53. The van der Waals surface area contributed by atoms with Crippen LogP contribution in [0.3, 0.4) is 0 Å². The van der Waals surface area contributed by atoms with E-state index in [0.717, 1.165) is 6.42 Å². The maximum absolute atomic E-state index is 13.0. The number of phenolic OH excluding ortho intramolecular Hbond substituents is 1. The highest BCUT2D eigenvalue weighted by Gasteiger charge is 2.16. The van der Waals surface area contributed by atoms with Crippen molar-refractivity contribution in [3.63, 3.8) is 0 Å². The smallest absolute Gasteiger partial charge is 0.149 e. The SMILES string of the molecule is CC(C)C[C@H](N)c1ccc(F)c(N)c1O. The summed E-state index contributed by atoms with van der Waals surface area (Å²) in [4.78, 5) is 0. The summed E-state index contributed by atoms with van der Waals surface area (Å²) in [5.74, 6) is -0.443. The summed E-state index contributed by atoms with van der Waals surface area (Å²) in [7, 11) is 0. The molecule has 0 saturated carbocycles. The van der Waals surface area contributed by atoms with Gasteiger partial charge in [-0.2, -0.15) is 0 Å². The van der Waals surface area contributed by atoms with E-state index in [2.05, 4.69) is 0 Å². The van der Waals surface area contributed by atoms with E-state index >= 15 is 0 Å². The lowest BCUT2D eigenvalue weighted by Crippen LogP contribution is -2.13. The highest BCUT2D eigenvalue weighted by Crippen LogP contribution is 2.33. The Kier molecular flexibility index (Phi) is 3.52. The van der Waals surface area contributed by atoms with Crippen LogP contribution in [0.4, 0.5) is 10.1 Å². The van der Waals surface area contributed by atoms with Crippen molar-refractivity contribution in [3.05, 3.63) is 23.5 Å². The van der Waals surface area contributed by atoms with Gasteiger partial charge in [0.05, 0.1) is 0 Å². The molecule has 0 aliphatic carbocycles. The third kappa shape index (κ3) is 2.59. The van der Waals surface area contributed by atoms with Gasteiger partial charge >= 0.3 is 0 Å². The minimum absolute atomic E-state index is 0.230. The molecule has 1 atom stereocenters. The van der Waals surface area contributed by atoms with Crippen LogP contribution in [-0.4, -0.2) is 5.11 Å². The minimum atomic E-state index is -0.618. The molecule has 1 aromatic rings. The van der Waals surface area contributed by atoms with E-state index in [1.165, 1.54) is 12.1 Å². The van der Waals surface area contributed by atoms with Gasteiger partial charge in [0, 0.05) is 11.6 Å².